The topological polar surface area (TPSA) is 38.0 Å². The van der Waals surface area contributed by atoms with E-state index in [0.29, 0.717) is 0 Å². The number of rotatable bonds is 2. The van der Waals surface area contributed by atoms with Gasteiger partial charge in [-0.15, -0.1) is 0 Å². The van der Waals surface area contributed by atoms with Gasteiger partial charge in [-0.05, 0) is 13.8 Å². The maximum absolute atomic E-state index is 8.78. The predicted octanol–water partition coefficient (Wildman–Crippen LogP) is 0.745. The van der Waals surface area contributed by atoms with Crippen molar-refractivity contribution in [2.45, 2.75) is 19.9 Å². The van der Waals surface area contributed by atoms with Crippen LogP contribution in [0.15, 0.2) is 12.4 Å². The molecule has 0 aliphatic rings. The molecular weight excluding hydrogens is 128 g/mol. The van der Waals surface area contributed by atoms with Crippen molar-refractivity contribution in [3.8, 4) is 0 Å². The summed E-state index contributed by atoms with van der Waals surface area (Å²) in [5.41, 5.74) is 0. The molecule has 0 radical (unpaired) electrons. The summed E-state index contributed by atoms with van der Waals surface area (Å²) in [5, 5.41) is 8.78. The van der Waals surface area contributed by atoms with Crippen molar-refractivity contribution < 1.29 is 5.11 Å². The lowest BCUT2D eigenvalue weighted by Crippen LogP contribution is -2.09. The van der Waals surface area contributed by atoms with Crippen molar-refractivity contribution in [2.75, 3.05) is 6.61 Å². The van der Waals surface area contributed by atoms with E-state index in [2.05, 4.69) is 4.98 Å². The minimum atomic E-state index is 0.141. The van der Waals surface area contributed by atoms with E-state index in [-0.39, 0.29) is 12.6 Å². The van der Waals surface area contributed by atoms with Crippen LogP contribution in [0.25, 0.3) is 0 Å². The molecule has 1 heterocycles. The van der Waals surface area contributed by atoms with Gasteiger partial charge in [-0.1, -0.05) is 0 Å². The number of aromatic nitrogens is 2. The Labute approximate surface area is 60.3 Å². The quantitative estimate of drug-likeness (QED) is 0.658. The Morgan fingerprint density at radius 2 is 2.50 bits per heavy atom. The molecule has 0 aliphatic carbocycles. The highest BCUT2D eigenvalue weighted by Crippen LogP contribution is 2.05. The summed E-state index contributed by atoms with van der Waals surface area (Å²) in [7, 11) is 0. The molecule has 0 saturated carbocycles. The summed E-state index contributed by atoms with van der Waals surface area (Å²) >= 11 is 0. The lowest BCUT2D eigenvalue weighted by Gasteiger charge is -2.10. The standard InChI is InChI=1S/C7H12N2O/c1-6(5-10)9-4-3-8-7(9)2/h3-4,6,10H,5H2,1-2H3/t6-/m0/s1. The van der Waals surface area contributed by atoms with E-state index in [4.69, 9.17) is 5.11 Å². The number of aliphatic hydroxyl groups excluding tert-OH is 1. The minimum absolute atomic E-state index is 0.141. The average molecular weight is 140 g/mol. The number of imidazole rings is 1. The first kappa shape index (κ1) is 7.28. The number of nitrogens with zero attached hydrogens (tertiary/aromatic N) is 2. The molecule has 10 heavy (non-hydrogen) atoms. The van der Waals surface area contributed by atoms with E-state index < -0.39 is 0 Å². The van der Waals surface area contributed by atoms with Crippen molar-refractivity contribution in [1.29, 1.82) is 0 Å². The van der Waals surface area contributed by atoms with Gasteiger partial charge in [-0.3, -0.25) is 0 Å². The minimum Gasteiger partial charge on any atom is -0.394 e. The Kier molecular flexibility index (Phi) is 2.06. The number of hydrogen-bond donors (Lipinski definition) is 1. The molecule has 3 heteroatoms. The molecule has 0 aromatic carbocycles. The molecule has 0 bridgehead atoms. The predicted molar refractivity (Wildman–Crippen MR) is 38.8 cm³/mol. The summed E-state index contributed by atoms with van der Waals surface area (Å²) in [4.78, 5) is 4.04. The van der Waals surface area contributed by atoms with Gasteiger partial charge in [0.2, 0.25) is 0 Å². The second-order valence-corrected chi connectivity index (χ2v) is 2.41. The lowest BCUT2D eigenvalue weighted by molar-refractivity contribution is 0.237. The second-order valence-electron chi connectivity index (χ2n) is 2.41. The van der Waals surface area contributed by atoms with E-state index in [1.54, 1.807) is 6.20 Å². The third-order valence-electron chi connectivity index (χ3n) is 1.60. The fourth-order valence-corrected chi connectivity index (χ4v) is 0.941. The van der Waals surface area contributed by atoms with Gasteiger partial charge in [0.15, 0.2) is 0 Å². The Morgan fingerprint density at radius 3 is 2.90 bits per heavy atom. The molecule has 1 rings (SSSR count). The Hall–Kier alpha value is -0.830. The molecule has 0 aliphatic heterocycles. The van der Waals surface area contributed by atoms with Gasteiger partial charge in [0, 0.05) is 12.4 Å². The zero-order valence-electron chi connectivity index (χ0n) is 6.28. The van der Waals surface area contributed by atoms with Crippen molar-refractivity contribution in [3.05, 3.63) is 18.2 Å². The van der Waals surface area contributed by atoms with Crippen LogP contribution in [0, 0.1) is 6.92 Å². The van der Waals surface area contributed by atoms with Crippen LogP contribution < -0.4 is 0 Å². The van der Waals surface area contributed by atoms with Gasteiger partial charge in [-0.2, -0.15) is 0 Å². The van der Waals surface area contributed by atoms with Crippen molar-refractivity contribution in [1.82, 2.24) is 9.55 Å². The normalized spacial score (nSPS) is 13.5. The van der Waals surface area contributed by atoms with Gasteiger partial charge < -0.3 is 9.67 Å². The molecule has 1 aromatic rings. The molecule has 0 saturated heterocycles. The third-order valence-corrected chi connectivity index (χ3v) is 1.60. The van der Waals surface area contributed by atoms with Gasteiger partial charge in [0.25, 0.3) is 0 Å². The van der Waals surface area contributed by atoms with Crippen LogP contribution in [0.1, 0.15) is 18.8 Å². The highest BCUT2D eigenvalue weighted by Gasteiger charge is 2.03. The third kappa shape index (κ3) is 1.19. The van der Waals surface area contributed by atoms with Crippen LogP contribution >= 0.6 is 0 Å². The largest absolute Gasteiger partial charge is 0.394 e. The highest BCUT2D eigenvalue weighted by molar-refractivity contribution is 4.90. The molecule has 0 fully saturated rings. The molecule has 3 nitrogen and oxygen atoms in total. The first-order valence-electron chi connectivity index (χ1n) is 3.36. The summed E-state index contributed by atoms with van der Waals surface area (Å²) in [6.45, 7) is 4.04. The Balaban J connectivity index is 2.82. The summed E-state index contributed by atoms with van der Waals surface area (Å²) in [5.74, 6) is 0.946. The monoisotopic (exact) mass is 140 g/mol. The smallest absolute Gasteiger partial charge is 0.105 e. The average Bonchev–Trinajstić information content (AvgIpc) is 2.34. The summed E-state index contributed by atoms with van der Waals surface area (Å²) in [6.07, 6.45) is 3.61. The van der Waals surface area contributed by atoms with Crippen LogP contribution in [-0.2, 0) is 0 Å². The molecule has 1 atom stereocenters. The van der Waals surface area contributed by atoms with E-state index in [1.807, 2.05) is 24.6 Å². The van der Waals surface area contributed by atoms with Crippen molar-refractivity contribution in [2.24, 2.45) is 0 Å². The van der Waals surface area contributed by atoms with E-state index in [1.165, 1.54) is 0 Å². The summed E-state index contributed by atoms with van der Waals surface area (Å²) < 4.78 is 1.94. The van der Waals surface area contributed by atoms with Crippen LogP contribution in [0.5, 0.6) is 0 Å². The van der Waals surface area contributed by atoms with Crippen LogP contribution in [0.4, 0.5) is 0 Å². The van der Waals surface area contributed by atoms with E-state index in [9.17, 15) is 0 Å². The SMILES string of the molecule is Cc1nccn1[C@@H](C)CO. The maximum Gasteiger partial charge on any atom is 0.105 e. The fraction of sp³-hybridized carbons (Fsp3) is 0.571. The molecule has 0 amide bonds. The van der Waals surface area contributed by atoms with E-state index in [0.717, 1.165) is 5.82 Å². The van der Waals surface area contributed by atoms with Gasteiger partial charge >= 0.3 is 0 Å². The number of aliphatic hydroxyl groups is 1. The maximum atomic E-state index is 8.78. The molecule has 1 aromatic heterocycles. The first-order chi connectivity index (χ1) is 4.75. The zero-order chi connectivity index (χ0) is 7.56. The van der Waals surface area contributed by atoms with Crippen molar-refractivity contribution >= 4 is 0 Å². The summed E-state index contributed by atoms with van der Waals surface area (Å²) in [6, 6.07) is 0.141. The fourth-order valence-electron chi connectivity index (χ4n) is 0.941. The Morgan fingerprint density at radius 1 is 1.80 bits per heavy atom. The van der Waals surface area contributed by atoms with Crippen molar-refractivity contribution in [3.63, 3.8) is 0 Å². The lowest BCUT2D eigenvalue weighted by atomic mass is 10.3. The van der Waals surface area contributed by atoms with Crippen LogP contribution in [-0.4, -0.2) is 21.3 Å². The Bertz CT molecular complexity index is 207. The van der Waals surface area contributed by atoms with Crippen LogP contribution in [0.2, 0.25) is 0 Å². The van der Waals surface area contributed by atoms with Gasteiger partial charge in [0.1, 0.15) is 5.82 Å². The van der Waals surface area contributed by atoms with Crippen LogP contribution in [0.3, 0.4) is 0 Å². The molecule has 1 N–H and O–H groups in total. The molecule has 56 valence electrons. The number of aryl methyl sites for hydroxylation is 1. The van der Waals surface area contributed by atoms with Gasteiger partial charge in [0.05, 0.1) is 12.6 Å². The molecule has 0 spiro atoms. The second kappa shape index (κ2) is 2.84. The zero-order valence-corrected chi connectivity index (χ0v) is 6.28. The number of hydrogen-bond acceptors (Lipinski definition) is 2. The molecule has 0 unspecified atom stereocenters. The highest BCUT2D eigenvalue weighted by atomic mass is 16.3. The first-order valence-corrected chi connectivity index (χ1v) is 3.36. The molecular formula is C7H12N2O. The van der Waals surface area contributed by atoms with Gasteiger partial charge in [-0.25, -0.2) is 4.98 Å². The van der Waals surface area contributed by atoms with E-state index >= 15 is 0 Å².